The van der Waals surface area contributed by atoms with Gasteiger partial charge in [-0.05, 0) is 49.9 Å². The van der Waals surface area contributed by atoms with Gasteiger partial charge in [-0.3, -0.25) is 9.59 Å². The van der Waals surface area contributed by atoms with E-state index < -0.39 is 5.97 Å². The Morgan fingerprint density at radius 2 is 1.93 bits per heavy atom. The molecule has 148 valence electrons. The average molecular weight is 411 g/mol. The number of benzene rings is 1. The van der Waals surface area contributed by atoms with Gasteiger partial charge in [0.05, 0.1) is 12.4 Å². The number of piperidine rings is 1. The van der Waals surface area contributed by atoms with E-state index in [9.17, 15) is 9.59 Å². The summed E-state index contributed by atoms with van der Waals surface area (Å²) in [5, 5.41) is 2.67. The van der Waals surface area contributed by atoms with Crippen LogP contribution in [0.4, 0.5) is 5.69 Å². The van der Waals surface area contributed by atoms with Crippen molar-refractivity contribution < 1.29 is 19.1 Å². The first-order chi connectivity index (χ1) is 13.0. The SMILES string of the molecule is CCOc1ccc(NC(=O)COC(=O)CSC(=S)N2CCC(C)CC2)cc1. The second-order valence-electron chi connectivity index (χ2n) is 6.39. The van der Waals surface area contributed by atoms with Crippen molar-refractivity contribution in [1.82, 2.24) is 4.90 Å². The Bertz CT molecular complexity index is 644. The first-order valence-corrected chi connectivity index (χ1v) is 10.5. The van der Waals surface area contributed by atoms with Crippen LogP contribution in [-0.4, -0.2) is 53.2 Å². The third-order valence-electron chi connectivity index (χ3n) is 4.17. The van der Waals surface area contributed by atoms with Crippen LogP contribution in [0.1, 0.15) is 26.7 Å². The molecule has 1 heterocycles. The maximum Gasteiger partial charge on any atom is 0.316 e. The summed E-state index contributed by atoms with van der Waals surface area (Å²) in [6, 6.07) is 7.01. The summed E-state index contributed by atoms with van der Waals surface area (Å²) in [5.74, 6) is 0.743. The Labute approximate surface area is 170 Å². The van der Waals surface area contributed by atoms with Crippen molar-refractivity contribution in [2.75, 3.05) is 37.4 Å². The lowest BCUT2D eigenvalue weighted by Gasteiger charge is -2.31. The molecule has 0 saturated carbocycles. The van der Waals surface area contributed by atoms with Gasteiger partial charge in [-0.25, -0.2) is 0 Å². The Morgan fingerprint density at radius 3 is 2.56 bits per heavy atom. The van der Waals surface area contributed by atoms with Crippen molar-refractivity contribution in [3.63, 3.8) is 0 Å². The number of hydrogen-bond donors (Lipinski definition) is 1. The van der Waals surface area contributed by atoms with Crippen LogP contribution in [0.15, 0.2) is 24.3 Å². The van der Waals surface area contributed by atoms with Crippen LogP contribution < -0.4 is 10.1 Å². The van der Waals surface area contributed by atoms with Crippen LogP contribution in [0.3, 0.4) is 0 Å². The van der Waals surface area contributed by atoms with Crippen LogP contribution in [0.5, 0.6) is 5.75 Å². The Balaban J connectivity index is 1.64. The number of rotatable bonds is 7. The number of likely N-dealkylation sites (tertiary alicyclic amines) is 1. The molecule has 1 saturated heterocycles. The molecule has 1 fully saturated rings. The molecular weight excluding hydrogens is 384 g/mol. The van der Waals surface area contributed by atoms with Gasteiger partial charge in [0, 0.05) is 18.8 Å². The third-order valence-corrected chi connectivity index (χ3v) is 5.67. The van der Waals surface area contributed by atoms with E-state index in [1.54, 1.807) is 24.3 Å². The molecule has 0 spiro atoms. The molecule has 0 atom stereocenters. The standard InChI is InChI=1S/C19H26N2O4S2/c1-3-24-16-6-4-15(5-7-16)20-17(22)12-25-18(23)13-27-19(26)21-10-8-14(2)9-11-21/h4-7,14H,3,8-13H2,1-2H3,(H,20,22). The quantitative estimate of drug-likeness (QED) is 0.546. The number of carbonyl (C=O) groups is 2. The molecular formula is C19H26N2O4S2. The van der Waals surface area contributed by atoms with E-state index in [0.29, 0.717) is 12.3 Å². The zero-order valence-corrected chi connectivity index (χ0v) is 17.4. The molecule has 1 aromatic carbocycles. The zero-order chi connectivity index (χ0) is 19.6. The number of nitrogens with one attached hydrogen (secondary N) is 1. The lowest BCUT2D eigenvalue weighted by atomic mass is 10.00. The fourth-order valence-electron chi connectivity index (χ4n) is 2.59. The normalized spacial score (nSPS) is 14.5. The van der Waals surface area contributed by atoms with E-state index in [0.717, 1.165) is 41.9 Å². The number of ether oxygens (including phenoxy) is 2. The Hall–Kier alpha value is -1.80. The summed E-state index contributed by atoms with van der Waals surface area (Å²) in [4.78, 5) is 25.9. The highest BCUT2D eigenvalue weighted by Crippen LogP contribution is 2.20. The summed E-state index contributed by atoms with van der Waals surface area (Å²) < 4.78 is 11.1. The minimum atomic E-state index is -0.449. The molecule has 0 radical (unpaired) electrons. The number of thioether (sulfide) groups is 1. The molecule has 1 aliphatic heterocycles. The fraction of sp³-hybridized carbons (Fsp3) is 0.526. The molecule has 0 unspecified atom stereocenters. The number of anilines is 1. The molecule has 8 heteroatoms. The molecule has 0 aromatic heterocycles. The summed E-state index contributed by atoms with van der Waals surface area (Å²) in [5.41, 5.74) is 0.620. The van der Waals surface area contributed by atoms with Gasteiger partial charge < -0.3 is 19.7 Å². The second-order valence-corrected chi connectivity index (χ2v) is 8.00. The summed E-state index contributed by atoms with van der Waals surface area (Å²) >= 11 is 6.67. The molecule has 0 bridgehead atoms. The summed E-state index contributed by atoms with van der Waals surface area (Å²) in [7, 11) is 0. The van der Waals surface area contributed by atoms with E-state index in [2.05, 4.69) is 17.1 Å². The smallest absolute Gasteiger partial charge is 0.316 e. The Morgan fingerprint density at radius 1 is 1.26 bits per heavy atom. The van der Waals surface area contributed by atoms with Gasteiger partial charge in [-0.1, -0.05) is 30.9 Å². The summed E-state index contributed by atoms with van der Waals surface area (Å²) in [6.45, 7) is 6.28. The predicted octanol–water partition coefficient (Wildman–Crippen LogP) is 3.32. The highest BCUT2D eigenvalue weighted by atomic mass is 32.2. The van der Waals surface area contributed by atoms with Crippen LogP contribution >= 0.6 is 24.0 Å². The van der Waals surface area contributed by atoms with Crippen molar-refractivity contribution >= 4 is 45.9 Å². The molecule has 27 heavy (non-hydrogen) atoms. The van der Waals surface area contributed by atoms with Crippen molar-refractivity contribution in [2.24, 2.45) is 5.92 Å². The number of carbonyl (C=O) groups excluding carboxylic acids is 2. The number of nitrogens with zero attached hydrogens (tertiary/aromatic N) is 1. The molecule has 1 aliphatic rings. The van der Waals surface area contributed by atoms with Gasteiger partial charge >= 0.3 is 5.97 Å². The number of esters is 1. The van der Waals surface area contributed by atoms with Crippen molar-refractivity contribution in [2.45, 2.75) is 26.7 Å². The zero-order valence-electron chi connectivity index (χ0n) is 15.7. The molecule has 0 aliphatic carbocycles. The number of thiocarbonyl (C=S) groups is 1. The molecule has 1 amide bonds. The van der Waals surface area contributed by atoms with Gasteiger partial charge in [-0.2, -0.15) is 0 Å². The van der Waals surface area contributed by atoms with Gasteiger partial charge in [-0.15, -0.1) is 0 Å². The van der Waals surface area contributed by atoms with E-state index in [-0.39, 0.29) is 18.3 Å². The van der Waals surface area contributed by atoms with E-state index in [1.165, 1.54) is 11.8 Å². The first kappa shape index (κ1) is 21.5. The molecule has 2 rings (SSSR count). The van der Waals surface area contributed by atoms with Gasteiger partial charge in [0.15, 0.2) is 6.61 Å². The van der Waals surface area contributed by atoms with Crippen molar-refractivity contribution in [1.29, 1.82) is 0 Å². The highest BCUT2D eigenvalue weighted by Gasteiger charge is 2.19. The molecule has 1 N–H and O–H groups in total. The maximum absolute atomic E-state index is 11.9. The van der Waals surface area contributed by atoms with Gasteiger partial charge in [0.2, 0.25) is 0 Å². The topological polar surface area (TPSA) is 67.9 Å². The fourth-order valence-corrected chi connectivity index (χ4v) is 3.64. The van der Waals surface area contributed by atoms with Gasteiger partial charge in [0.1, 0.15) is 10.1 Å². The number of hydrogen-bond acceptors (Lipinski definition) is 6. The minimum Gasteiger partial charge on any atom is -0.494 e. The van der Waals surface area contributed by atoms with Crippen LogP contribution in [0.25, 0.3) is 0 Å². The van der Waals surface area contributed by atoms with Crippen molar-refractivity contribution in [3.8, 4) is 5.75 Å². The van der Waals surface area contributed by atoms with Crippen molar-refractivity contribution in [3.05, 3.63) is 24.3 Å². The lowest BCUT2D eigenvalue weighted by Crippen LogP contribution is -2.35. The maximum atomic E-state index is 11.9. The lowest BCUT2D eigenvalue weighted by molar-refractivity contribution is -0.144. The van der Waals surface area contributed by atoms with E-state index in [1.807, 2.05) is 6.92 Å². The van der Waals surface area contributed by atoms with Crippen LogP contribution in [-0.2, 0) is 14.3 Å². The van der Waals surface area contributed by atoms with E-state index >= 15 is 0 Å². The first-order valence-electron chi connectivity index (χ1n) is 9.08. The molecule has 1 aromatic rings. The monoisotopic (exact) mass is 410 g/mol. The van der Waals surface area contributed by atoms with Crippen LogP contribution in [0, 0.1) is 5.92 Å². The minimum absolute atomic E-state index is 0.112. The summed E-state index contributed by atoms with van der Waals surface area (Å²) in [6.07, 6.45) is 2.24. The second kappa shape index (κ2) is 11.1. The largest absolute Gasteiger partial charge is 0.494 e. The third kappa shape index (κ3) is 7.76. The van der Waals surface area contributed by atoms with Gasteiger partial charge in [0.25, 0.3) is 5.91 Å². The average Bonchev–Trinajstić information content (AvgIpc) is 2.67. The predicted molar refractivity (Wildman–Crippen MR) is 112 cm³/mol. The van der Waals surface area contributed by atoms with Crippen LogP contribution in [0.2, 0.25) is 0 Å². The Kier molecular flexibility index (Phi) is 8.87. The molecule has 6 nitrogen and oxygen atoms in total. The highest BCUT2D eigenvalue weighted by molar-refractivity contribution is 8.23. The van der Waals surface area contributed by atoms with E-state index in [4.69, 9.17) is 21.7 Å². The number of amides is 1.